The SMILES string of the molecule is CN=C(/C(=C\N)NC(=O)OC(C)(C)C)C(F)(F)F. The molecule has 0 aromatic heterocycles. The van der Waals surface area contributed by atoms with Crippen molar-refractivity contribution in [2.24, 2.45) is 10.7 Å². The van der Waals surface area contributed by atoms with Crippen LogP contribution in [-0.2, 0) is 4.74 Å². The molecular formula is C10H16F3N3O2. The molecule has 0 aliphatic heterocycles. The van der Waals surface area contributed by atoms with Gasteiger partial charge in [-0.15, -0.1) is 0 Å². The first-order valence-corrected chi connectivity index (χ1v) is 4.97. The number of nitrogens with one attached hydrogen (secondary N) is 1. The summed E-state index contributed by atoms with van der Waals surface area (Å²) in [6, 6.07) is 0. The Morgan fingerprint density at radius 3 is 2.11 bits per heavy atom. The molecule has 0 aliphatic rings. The standard InChI is InChI=1S/C10H16F3N3O2/c1-9(2,3)18-8(17)16-6(5-14)7(15-4)10(11,12)13/h5H,14H2,1-4H3,(H,16,17)/b6-5+,15-7?. The summed E-state index contributed by atoms with van der Waals surface area (Å²) in [5.41, 5.74) is 2.28. The van der Waals surface area contributed by atoms with Gasteiger partial charge in [0.25, 0.3) is 0 Å². The van der Waals surface area contributed by atoms with Gasteiger partial charge in [0.15, 0.2) is 5.71 Å². The molecule has 8 heteroatoms. The second kappa shape index (κ2) is 5.74. The second-order valence-electron chi connectivity index (χ2n) is 4.28. The molecule has 0 rings (SSSR count). The minimum Gasteiger partial charge on any atom is -0.444 e. The number of hydrogen-bond acceptors (Lipinski definition) is 4. The van der Waals surface area contributed by atoms with Crippen LogP contribution in [-0.4, -0.2) is 30.6 Å². The normalized spacial score (nSPS) is 14.4. The Morgan fingerprint density at radius 2 is 1.83 bits per heavy atom. The number of allylic oxidation sites excluding steroid dienone is 1. The largest absolute Gasteiger partial charge is 0.444 e. The van der Waals surface area contributed by atoms with Crippen LogP contribution in [0.4, 0.5) is 18.0 Å². The maximum atomic E-state index is 12.5. The van der Waals surface area contributed by atoms with Gasteiger partial charge in [0.05, 0.1) is 5.70 Å². The van der Waals surface area contributed by atoms with Crippen molar-refractivity contribution >= 4 is 11.8 Å². The highest BCUT2D eigenvalue weighted by Gasteiger charge is 2.38. The lowest BCUT2D eigenvalue weighted by Crippen LogP contribution is -2.38. The first-order valence-electron chi connectivity index (χ1n) is 4.97. The van der Waals surface area contributed by atoms with E-state index < -0.39 is 29.3 Å². The van der Waals surface area contributed by atoms with Crippen molar-refractivity contribution in [3.05, 3.63) is 11.9 Å². The molecule has 1 amide bonds. The van der Waals surface area contributed by atoms with Gasteiger partial charge in [-0.2, -0.15) is 13.2 Å². The molecule has 0 bridgehead atoms. The van der Waals surface area contributed by atoms with Gasteiger partial charge in [0.1, 0.15) is 5.60 Å². The van der Waals surface area contributed by atoms with Crippen LogP contribution in [0.5, 0.6) is 0 Å². The van der Waals surface area contributed by atoms with Crippen LogP contribution in [0, 0.1) is 0 Å². The average Bonchev–Trinajstić information content (AvgIpc) is 2.11. The van der Waals surface area contributed by atoms with Gasteiger partial charge < -0.3 is 10.5 Å². The van der Waals surface area contributed by atoms with Crippen LogP contribution in [0.15, 0.2) is 16.9 Å². The van der Waals surface area contributed by atoms with E-state index in [4.69, 9.17) is 10.5 Å². The van der Waals surface area contributed by atoms with Crippen LogP contribution < -0.4 is 11.1 Å². The number of nitrogens with zero attached hydrogens (tertiary/aromatic N) is 1. The van der Waals surface area contributed by atoms with Crippen molar-refractivity contribution in [1.82, 2.24) is 5.32 Å². The summed E-state index contributed by atoms with van der Waals surface area (Å²) in [7, 11) is 0.948. The summed E-state index contributed by atoms with van der Waals surface area (Å²) in [6.45, 7) is 4.74. The van der Waals surface area contributed by atoms with Crippen molar-refractivity contribution in [2.45, 2.75) is 32.5 Å². The number of amides is 1. The molecule has 5 nitrogen and oxygen atoms in total. The Balaban J connectivity index is 4.90. The zero-order chi connectivity index (χ0) is 14.6. The number of nitrogens with two attached hydrogens (primary N) is 1. The quantitative estimate of drug-likeness (QED) is 0.751. The Bertz CT molecular complexity index is 368. The lowest BCUT2D eigenvalue weighted by molar-refractivity contribution is -0.0585. The Morgan fingerprint density at radius 1 is 1.33 bits per heavy atom. The number of alkyl halides is 3. The van der Waals surface area contributed by atoms with Gasteiger partial charge in [-0.25, -0.2) is 4.79 Å². The fourth-order valence-electron chi connectivity index (χ4n) is 0.993. The van der Waals surface area contributed by atoms with E-state index in [1.165, 1.54) is 0 Å². The van der Waals surface area contributed by atoms with E-state index in [0.717, 1.165) is 7.05 Å². The third kappa shape index (κ3) is 5.55. The van der Waals surface area contributed by atoms with Crippen molar-refractivity contribution < 1.29 is 22.7 Å². The summed E-state index contributed by atoms with van der Waals surface area (Å²) in [5.74, 6) is 0. The Hall–Kier alpha value is -1.73. The molecule has 0 saturated carbocycles. The summed E-state index contributed by atoms with van der Waals surface area (Å²) in [6.07, 6.45) is -5.14. The van der Waals surface area contributed by atoms with E-state index in [9.17, 15) is 18.0 Å². The molecule has 0 spiro atoms. The molecule has 0 atom stereocenters. The number of hydrogen-bond donors (Lipinski definition) is 2. The van der Waals surface area contributed by atoms with E-state index >= 15 is 0 Å². The van der Waals surface area contributed by atoms with Gasteiger partial charge >= 0.3 is 12.3 Å². The maximum absolute atomic E-state index is 12.5. The molecule has 0 aromatic rings. The van der Waals surface area contributed by atoms with Gasteiger partial charge in [0.2, 0.25) is 0 Å². The number of aliphatic imine (C=N–C) groups is 1. The predicted molar refractivity (Wildman–Crippen MR) is 61.1 cm³/mol. The van der Waals surface area contributed by atoms with E-state index in [1.54, 1.807) is 20.8 Å². The molecule has 0 aromatic carbocycles. The molecule has 104 valence electrons. The molecule has 0 aliphatic carbocycles. The Kier molecular flexibility index (Phi) is 5.19. The highest BCUT2D eigenvalue weighted by molar-refractivity contribution is 6.05. The molecule has 0 radical (unpaired) electrons. The topological polar surface area (TPSA) is 76.7 Å². The fourth-order valence-corrected chi connectivity index (χ4v) is 0.993. The maximum Gasteiger partial charge on any atom is 0.435 e. The second-order valence-corrected chi connectivity index (χ2v) is 4.28. The molecule has 0 fully saturated rings. The van der Waals surface area contributed by atoms with Crippen LogP contribution in [0.2, 0.25) is 0 Å². The van der Waals surface area contributed by atoms with Gasteiger partial charge in [-0.05, 0) is 20.8 Å². The number of carbonyl (C=O) groups is 1. The Labute approximate surface area is 103 Å². The molecule has 0 heterocycles. The van der Waals surface area contributed by atoms with E-state index in [1.807, 2.05) is 5.32 Å². The lowest BCUT2D eigenvalue weighted by Gasteiger charge is -2.21. The van der Waals surface area contributed by atoms with Crippen molar-refractivity contribution in [1.29, 1.82) is 0 Å². The smallest absolute Gasteiger partial charge is 0.435 e. The summed E-state index contributed by atoms with van der Waals surface area (Å²) in [5, 5.41) is 1.90. The predicted octanol–water partition coefficient (Wildman–Crippen LogP) is 1.94. The van der Waals surface area contributed by atoms with E-state index in [0.29, 0.717) is 6.20 Å². The summed E-state index contributed by atoms with van der Waals surface area (Å²) < 4.78 is 42.4. The number of carbonyl (C=O) groups excluding carboxylic acids is 1. The van der Waals surface area contributed by atoms with Crippen LogP contribution in [0.25, 0.3) is 0 Å². The number of ether oxygens (including phenoxy) is 1. The fraction of sp³-hybridized carbons (Fsp3) is 0.600. The minimum absolute atomic E-state index is 0.611. The van der Waals surface area contributed by atoms with E-state index in [-0.39, 0.29) is 0 Å². The van der Waals surface area contributed by atoms with Crippen molar-refractivity contribution in [3.63, 3.8) is 0 Å². The lowest BCUT2D eigenvalue weighted by atomic mass is 10.2. The van der Waals surface area contributed by atoms with Crippen LogP contribution in [0.1, 0.15) is 20.8 Å². The first kappa shape index (κ1) is 16.3. The molecule has 3 N–H and O–H groups in total. The molecule has 18 heavy (non-hydrogen) atoms. The monoisotopic (exact) mass is 267 g/mol. The number of halogens is 3. The minimum atomic E-state index is -4.71. The number of alkyl carbamates (subject to hydrolysis) is 1. The highest BCUT2D eigenvalue weighted by Crippen LogP contribution is 2.21. The third-order valence-electron chi connectivity index (χ3n) is 1.55. The number of rotatable bonds is 2. The van der Waals surface area contributed by atoms with Crippen LogP contribution in [0.3, 0.4) is 0 Å². The molecule has 0 saturated heterocycles. The summed E-state index contributed by atoms with van der Waals surface area (Å²) >= 11 is 0. The van der Waals surface area contributed by atoms with Gasteiger partial charge in [-0.1, -0.05) is 0 Å². The van der Waals surface area contributed by atoms with Crippen molar-refractivity contribution in [2.75, 3.05) is 7.05 Å². The molecule has 0 unspecified atom stereocenters. The average molecular weight is 267 g/mol. The zero-order valence-corrected chi connectivity index (χ0v) is 10.6. The first-order chi connectivity index (χ1) is 8.01. The van der Waals surface area contributed by atoms with E-state index in [2.05, 4.69) is 4.99 Å². The summed E-state index contributed by atoms with van der Waals surface area (Å²) in [4.78, 5) is 14.4. The zero-order valence-electron chi connectivity index (χ0n) is 10.6. The third-order valence-corrected chi connectivity index (χ3v) is 1.55. The van der Waals surface area contributed by atoms with Crippen LogP contribution >= 0.6 is 0 Å². The van der Waals surface area contributed by atoms with Gasteiger partial charge in [-0.3, -0.25) is 10.3 Å². The van der Waals surface area contributed by atoms with Crippen molar-refractivity contribution in [3.8, 4) is 0 Å². The molecular weight excluding hydrogens is 251 g/mol. The highest BCUT2D eigenvalue weighted by atomic mass is 19.4. The van der Waals surface area contributed by atoms with Gasteiger partial charge in [0, 0.05) is 13.2 Å².